The Balaban J connectivity index is 1.58. The van der Waals surface area contributed by atoms with Gasteiger partial charge in [0.15, 0.2) is 5.96 Å². The zero-order chi connectivity index (χ0) is 22.6. The van der Waals surface area contributed by atoms with Crippen molar-refractivity contribution in [2.24, 2.45) is 4.99 Å². The highest BCUT2D eigenvalue weighted by Gasteiger charge is 2.34. The van der Waals surface area contributed by atoms with Crippen LogP contribution >= 0.6 is 0 Å². The van der Waals surface area contributed by atoms with Gasteiger partial charge in [0.05, 0.1) is 18.3 Å². The molecule has 3 rings (SSSR count). The molecule has 2 unspecified atom stereocenters. The van der Waals surface area contributed by atoms with Crippen molar-refractivity contribution in [2.75, 3.05) is 33.3 Å². The molecular weight excluding hydrogens is 409 g/mol. The van der Waals surface area contributed by atoms with Crippen LogP contribution in [0.3, 0.4) is 0 Å². The van der Waals surface area contributed by atoms with Crippen LogP contribution in [0.25, 0.3) is 0 Å². The number of nitrogens with zero attached hydrogens (tertiary/aromatic N) is 2. The summed E-state index contributed by atoms with van der Waals surface area (Å²) in [5, 5.41) is 6.15. The summed E-state index contributed by atoms with van der Waals surface area (Å²) in [6.07, 6.45) is -2.05. The monoisotopic (exact) mass is 442 g/mol. The molecule has 0 saturated carbocycles. The molecular formula is C22H33F3N4O2. The fourth-order valence-corrected chi connectivity index (χ4v) is 4.01. The fraction of sp³-hybridized carbons (Fsp3) is 0.682. The SMILES string of the molecule is CN=C(NCc1ccc(OC(C)(C)C)cc1C(F)(F)F)NCC1CN2CCCC2CO1. The largest absolute Gasteiger partial charge is 0.488 e. The number of hydrogen-bond donors (Lipinski definition) is 2. The molecule has 31 heavy (non-hydrogen) atoms. The van der Waals surface area contributed by atoms with Crippen molar-refractivity contribution in [3.05, 3.63) is 29.3 Å². The van der Waals surface area contributed by atoms with Gasteiger partial charge in [-0.15, -0.1) is 0 Å². The molecule has 6 nitrogen and oxygen atoms in total. The third-order valence-electron chi connectivity index (χ3n) is 5.44. The summed E-state index contributed by atoms with van der Waals surface area (Å²) in [4.78, 5) is 6.58. The Morgan fingerprint density at radius 1 is 1.26 bits per heavy atom. The van der Waals surface area contributed by atoms with E-state index in [9.17, 15) is 13.2 Å². The summed E-state index contributed by atoms with van der Waals surface area (Å²) >= 11 is 0. The van der Waals surface area contributed by atoms with Crippen molar-refractivity contribution in [2.45, 2.75) is 64.1 Å². The van der Waals surface area contributed by atoms with E-state index in [4.69, 9.17) is 9.47 Å². The van der Waals surface area contributed by atoms with E-state index in [-0.39, 0.29) is 24.0 Å². The van der Waals surface area contributed by atoms with E-state index in [1.54, 1.807) is 33.9 Å². The van der Waals surface area contributed by atoms with E-state index in [2.05, 4.69) is 20.5 Å². The summed E-state index contributed by atoms with van der Waals surface area (Å²) < 4.78 is 52.4. The van der Waals surface area contributed by atoms with Gasteiger partial charge in [-0.1, -0.05) is 6.07 Å². The number of rotatable bonds is 5. The average Bonchev–Trinajstić information content (AvgIpc) is 3.14. The molecule has 1 aromatic rings. The van der Waals surface area contributed by atoms with E-state index in [1.165, 1.54) is 18.9 Å². The van der Waals surface area contributed by atoms with Gasteiger partial charge >= 0.3 is 6.18 Å². The number of benzene rings is 1. The lowest BCUT2D eigenvalue weighted by molar-refractivity contribution is -0.138. The minimum absolute atomic E-state index is 0.00988. The number of ether oxygens (including phenoxy) is 2. The van der Waals surface area contributed by atoms with Crippen molar-refractivity contribution in [1.29, 1.82) is 0 Å². The Kier molecular flexibility index (Phi) is 7.36. The van der Waals surface area contributed by atoms with Crippen molar-refractivity contribution >= 4 is 5.96 Å². The van der Waals surface area contributed by atoms with Crippen LogP contribution in [0.1, 0.15) is 44.7 Å². The Hall–Kier alpha value is -2.00. The zero-order valence-corrected chi connectivity index (χ0v) is 18.7. The van der Waals surface area contributed by atoms with E-state index in [0.717, 1.165) is 25.8 Å². The first-order valence-corrected chi connectivity index (χ1v) is 10.7. The molecule has 2 aliphatic heterocycles. The van der Waals surface area contributed by atoms with Crippen LogP contribution in [0.4, 0.5) is 13.2 Å². The van der Waals surface area contributed by atoms with Crippen molar-refractivity contribution in [3.63, 3.8) is 0 Å². The number of nitrogens with one attached hydrogen (secondary N) is 2. The highest BCUT2D eigenvalue weighted by atomic mass is 19.4. The van der Waals surface area contributed by atoms with Gasteiger partial charge < -0.3 is 20.1 Å². The lowest BCUT2D eigenvalue weighted by Gasteiger charge is -2.35. The summed E-state index contributed by atoms with van der Waals surface area (Å²) in [6.45, 7) is 8.63. The van der Waals surface area contributed by atoms with Crippen LogP contribution in [-0.2, 0) is 17.5 Å². The Morgan fingerprint density at radius 3 is 2.71 bits per heavy atom. The van der Waals surface area contributed by atoms with E-state index < -0.39 is 17.3 Å². The van der Waals surface area contributed by atoms with Gasteiger partial charge in [0, 0.05) is 32.7 Å². The van der Waals surface area contributed by atoms with Crippen LogP contribution in [0.2, 0.25) is 0 Å². The molecule has 1 aromatic carbocycles. The Bertz CT molecular complexity index is 777. The quantitative estimate of drug-likeness (QED) is 0.541. The van der Waals surface area contributed by atoms with Crippen LogP contribution in [0.15, 0.2) is 23.2 Å². The molecule has 0 amide bonds. The number of fused-ring (bicyclic) bond motifs is 1. The summed E-state index contributed by atoms with van der Waals surface area (Å²) in [5.41, 5.74) is -1.16. The third kappa shape index (κ3) is 6.74. The van der Waals surface area contributed by atoms with E-state index in [1.807, 2.05) is 0 Å². The maximum absolute atomic E-state index is 13.6. The predicted octanol–water partition coefficient (Wildman–Crippen LogP) is 3.41. The van der Waals surface area contributed by atoms with Crippen LogP contribution < -0.4 is 15.4 Å². The molecule has 0 spiro atoms. The summed E-state index contributed by atoms with van der Waals surface area (Å²) in [5.74, 6) is 0.635. The van der Waals surface area contributed by atoms with Crippen molar-refractivity contribution in [3.8, 4) is 5.75 Å². The third-order valence-corrected chi connectivity index (χ3v) is 5.44. The van der Waals surface area contributed by atoms with Crippen molar-refractivity contribution in [1.82, 2.24) is 15.5 Å². The fourth-order valence-electron chi connectivity index (χ4n) is 4.01. The number of halogens is 3. The molecule has 2 N–H and O–H groups in total. The number of morpholine rings is 1. The highest BCUT2D eigenvalue weighted by Crippen LogP contribution is 2.35. The molecule has 0 aromatic heterocycles. The van der Waals surface area contributed by atoms with Crippen LogP contribution in [-0.4, -0.2) is 61.9 Å². The van der Waals surface area contributed by atoms with Crippen molar-refractivity contribution < 1.29 is 22.6 Å². The number of aliphatic imine (C=N–C) groups is 1. The lowest BCUT2D eigenvalue weighted by atomic mass is 10.1. The molecule has 2 saturated heterocycles. The summed E-state index contributed by atoms with van der Waals surface area (Å²) in [7, 11) is 1.60. The topological polar surface area (TPSA) is 58.1 Å². The van der Waals surface area contributed by atoms with E-state index >= 15 is 0 Å². The Labute approximate surface area is 182 Å². The molecule has 0 bridgehead atoms. The number of hydrogen-bond acceptors (Lipinski definition) is 4. The van der Waals surface area contributed by atoms with Crippen LogP contribution in [0, 0.1) is 0 Å². The first-order valence-electron chi connectivity index (χ1n) is 10.7. The smallest absolute Gasteiger partial charge is 0.416 e. The van der Waals surface area contributed by atoms with Gasteiger partial charge in [-0.3, -0.25) is 9.89 Å². The maximum atomic E-state index is 13.6. The average molecular weight is 443 g/mol. The standard InChI is InChI=1S/C22H33F3N4O2/c1-21(2,3)31-17-8-7-15(19(10-17)22(23,24)25)11-27-20(26-4)28-12-18-13-29-9-5-6-16(29)14-30-18/h7-8,10,16,18H,5-6,9,11-14H2,1-4H3,(H2,26,27,28). The molecule has 9 heteroatoms. The predicted molar refractivity (Wildman–Crippen MR) is 114 cm³/mol. The van der Waals surface area contributed by atoms with Gasteiger partial charge in [-0.2, -0.15) is 13.2 Å². The molecule has 2 atom stereocenters. The van der Waals surface area contributed by atoms with Gasteiger partial charge in [0.25, 0.3) is 0 Å². The van der Waals surface area contributed by atoms with E-state index in [0.29, 0.717) is 18.5 Å². The Morgan fingerprint density at radius 2 is 2.03 bits per heavy atom. The van der Waals surface area contributed by atoms with Gasteiger partial charge in [0.1, 0.15) is 11.4 Å². The molecule has 174 valence electrons. The second-order valence-corrected chi connectivity index (χ2v) is 9.08. The van der Waals surface area contributed by atoms with Gasteiger partial charge in [0.2, 0.25) is 0 Å². The second-order valence-electron chi connectivity index (χ2n) is 9.08. The normalized spacial score (nSPS) is 22.9. The molecule has 0 radical (unpaired) electrons. The number of guanidine groups is 1. The summed E-state index contributed by atoms with van der Waals surface area (Å²) in [6, 6.07) is 4.60. The lowest BCUT2D eigenvalue weighted by Crippen LogP contribution is -2.51. The molecule has 2 heterocycles. The highest BCUT2D eigenvalue weighted by molar-refractivity contribution is 5.79. The maximum Gasteiger partial charge on any atom is 0.416 e. The van der Waals surface area contributed by atoms with Gasteiger partial charge in [-0.25, -0.2) is 0 Å². The molecule has 0 aliphatic carbocycles. The zero-order valence-electron chi connectivity index (χ0n) is 18.7. The molecule has 2 fully saturated rings. The first-order chi connectivity index (χ1) is 14.5. The molecule has 2 aliphatic rings. The number of alkyl halides is 3. The first kappa shape index (κ1) is 23.7. The van der Waals surface area contributed by atoms with Crippen LogP contribution in [0.5, 0.6) is 5.75 Å². The van der Waals surface area contributed by atoms with Gasteiger partial charge in [-0.05, 0) is 57.9 Å². The minimum atomic E-state index is -4.48. The minimum Gasteiger partial charge on any atom is -0.488 e. The second kappa shape index (κ2) is 9.65.